The van der Waals surface area contributed by atoms with Gasteiger partial charge in [-0.05, 0) is 75.7 Å². The Labute approximate surface area is 158 Å². The number of ether oxygens (including phenoxy) is 1. The minimum absolute atomic E-state index is 0.0765. The Morgan fingerprint density at radius 2 is 1.83 bits per heavy atom. The Kier molecular flexibility index (Phi) is 5.28. The molecule has 1 amide bonds. The van der Waals surface area contributed by atoms with Crippen LogP contribution in [0, 0.1) is 6.92 Å². The van der Waals surface area contributed by atoms with Gasteiger partial charge in [0.15, 0.2) is 16.4 Å². The molecule has 3 rings (SSSR count). The number of halogens is 2. The van der Waals surface area contributed by atoms with Crippen LogP contribution in [0.1, 0.15) is 24.8 Å². The quantitative estimate of drug-likeness (QED) is 0.649. The summed E-state index contributed by atoms with van der Waals surface area (Å²) in [4.78, 5) is 14.4. The van der Waals surface area contributed by atoms with Gasteiger partial charge in [-0.25, -0.2) is 8.42 Å². The van der Waals surface area contributed by atoms with Crippen LogP contribution in [0.25, 0.3) is 0 Å². The molecule has 0 N–H and O–H groups in total. The fourth-order valence-corrected chi connectivity index (χ4v) is 6.44. The monoisotopic (exact) mass is 479 g/mol. The molecule has 1 aromatic rings. The molecule has 2 fully saturated rings. The number of hydrogen-bond donors (Lipinski definition) is 0. The molecule has 24 heavy (non-hydrogen) atoms. The molecular formula is C16H19Br2NO4S. The largest absolute Gasteiger partial charge is 0.481 e. The first-order valence-corrected chi connectivity index (χ1v) is 11.3. The first-order valence-electron chi connectivity index (χ1n) is 7.87. The van der Waals surface area contributed by atoms with Crippen molar-refractivity contribution in [2.24, 2.45) is 0 Å². The number of carbonyl (C=O) groups excluding carboxylic acids is 1. The molecule has 8 heteroatoms. The Morgan fingerprint density at radius 3 is 2.33 bits per heavy atom. The van der Waals surface area contributed by atoms with E-state index in [2.05, 4.69) is 31.9 Å². The molecule has 132 valence electrons. The van der Waals surface area contributed by atoms with Crippen molar-refractivity contribution in [2.75, 3.05) is 18.1 Å². The summed E-state index contributed by atoms with van der Waals surface area (Å²) in [6.45, 7) is 1.88. The number of nitrogens with zero attached hydrogens (tertiary/aromatic N) is 1. The number of carbonyl (C=O) groups is 1. The van der Waals surface area contributed by atoms with E-state index in [1.807, 2.05) is 19.1 Å². The Bertz CT molecular complexity index is 738. The van der Waals surface area contributed by atoms with Gasteiger partial charge >= 0.3 is 0 Å². The molecule has 1 unspecified atom stereocenters. The maximum absolute atomic E-state index is 12.7. The molecule has 2 aliphatic rings. The number of amides is 1. The lowest BCUT2D eigenvalue weighted by Gasteiger charge is -2.28. The van der Waals surface area contributed by atoms with Gasteiger partial charge in [0.05, 0.1) is 20.5 Å². The van der Waals surface area contributed by atoms with Gasteiger partial charge in [0.1, 0.15) is 5.75 Å². The Hall–Kier alpha value is -0.600. The zero-order chi connectivity index (χ0) is 17.5. The van der Waals surface area contributed by atoms with Crippen LogP contribution in [0.2, 0.25) is 0 Å². The summed E-state index contributed by atoms with van der Waals surface area (Å²) in [5, 5.41) is 0. The smallest absolute Gasteiger partial charge is 0.261 e. The van der Waals surface area contributed by atoms with E-state index in [1.165, 1.54) is 0 Å². The van der Waals surface area contributed by atoms with E-state index >= 15 is 0 Å². The number of benzene rings is 1. The second kappa shape index (κ2) is 6.96. The molecule has 0 aromatic heterocycles. The van der Waals surface area contributed by atoms with E-state index in [9.17, 15) is 13.2 Å². The van der Waals surface area contributed by atoms with Crippen LogP contribution in [-0.2, 0) is 14.6 Å². The van der Waals surface area contributed by atoms with E-state index in [0.29, 0.717) is 12.2 Å². The summed E-state index contributed by atoms with van der Waals surface area (Å²) in [5.74, 6) is 0.694. The van der Waals surface area contributed by atoms with Crippen molar-refractivity contribution in [2.45, 2.75) is 38.3 Å². The highest BCUT2D eigenvalue weighted by Crippen LogP contribution is 2.36. The lowest BCUT2D eigenvalue weighted by atomic mass is 10.2. The van der Waals surface area contributed by atoms with Crippen LogP contribution < -0.4 is 4.74 Å². The van der Waals surface area contributed by atoms with Crippen molar-refractivity contribution in [3.63, 3.8) is 0 Å². The number of rotatable bonds is 5. The van der Waals surface area contributed by atoms with E-state index < -0.39 is 9.84 Å². The van der Waals surface area contributed by atoms with Crippen molar-refractivity contribution in [1.29, 1.82) is 0 Å². The standard InChI is InChI=1S/C16H19Br2NO4S/c1-10-6-13(17)16(14(18)7-10)23-8-15(20)19(11-2-3-11)12-4-5-24(21,22)9-12/h6-7,11-12H,2-5,8-9H2,1H3. The predicted octanol–water partition coefficient (Wildman–Crippen LogP) is 3.08. The summed E-state index contributed by atoms with van der Waals surface area (Å²) in [6.07, 6.45) is 2.42. The topological polar surface area (TPSA) is 63.7 Å². The van der Waals surface area contributed by atoms with Crippen molar-refractivity contribution in [1.82, 2.24) is 4.90 Å². The molecular weight excluding hydrogens is 462 g/mol. The summed E-state index contributed by atoms with van der Waals surface area (Å²) < 4.78 is 30.7. The number of sulfone groups is 1. The van der Waals surface area contributed by atoms with Crippen LogP contribution >= 0.6 is 31.9 Å². The van der Waals surface area contributed by atoms with Crippen LogP contribution in [0.3, 0.4) is 0 Å². The molecule has 1 saturated carbocycles. The van der Waals surface area contributed by atoms with Gasteiger partial charge in [0, 0.05) is 12.1 Å². The molecule has 5 nitrogen and oxygen atoms in total. The zero-order valence-electron chi connectivity index (χ0n) is 13.3. The zero-order valence-corrected chi connectivity index (χ0v) is 17.3. The summed E-state index contributed by atoms with van der Waals surface area (Å²) in [5.41, 5.74) is 1.07. The SMILES string of the molecule is Cc1cc(Br)c(OCC(=O)N(C2CC2)C2CCS(=O)(=O)C2)c(Br)c1. The molecule has 1 heterocycles. The lowest BCUT2D eigenvalue weighted by Crippen LogP contribution is -2.45. The van der Waals surface area contributed by atoms with E-state index in [-0.39, 0.29) is 36.1 Å². The fourth-order valence-electron chi connectivity index (χ4n) is 3.09. The van der Waals surface area contributed by atoms with E-state index in [0.717, 1.165) is 27.4 Å². The lowest BCUT2D eigenvalue weighted by molar-refractivity contribution is -0.135. The minimum atomic E-state index is -3.01. The summed E-state index contributed by atoms with van der Waals surface area (Å²) >= 11 is 6.90. The number of hydrogen-bond acceptors (Lipinski definition) is 4. The van der Waals surface area contributed by atoms with Crippen molar-refractivity contribution >= 4 is 47.6 Å². The highest BCUT2D eigenvalue weighted by Gasteiger charge is 2.42. The molecule has 0 radical (unpaired) electrons. The van der Waals surface area contributed by atoms with Gasteiger partial charge in [0.25, 0.3) is 5.91 Å². The van der Waals surface area contributed by atoms with Crippen molar-refractivity contribution in [3.05, 3.63) is 26.6 Å². The Balaban J connectivity index is 1.69. The molecule has 0 spiro atoms. The van der Waals surface area contributed by atoms with Gasteiger partial charge in [-0.1, -0.05) is 0 Å². The van der Waals surface area contributed by atoms with Gasteiger partial charge in [-0.2, -0.15) is 0 Å². The van der Waals surface area contributed by atoms with Gasteiger partial charge in [-0.3, -0.25) is 4.79 Å². The van der Waals surface area contributed by atoms with Crippen molar-refractivity contribution in [3.8, 4) is 5.75 Å². The third-order valence-electron chi connectivity index (χ3n) is 4.31. The third kappa shape index (κ3) is 4.14. The first kappa shape index (κ1) is 18.2. The van der Waals surface area contributed by atoms with Crippen LogP contribution in [-0.4, -0.2) is 49.4 Å². The average molecular weight is 481 g/mol. The second-order valence-corrected chi connectivity index (χ2v) is 10.4. The first-order chi connectivity index (χ1) is 11.3. The fraction of sp³-hybridized carbons (Fsp3) is 0.562. The van der Waals surface area contributed by atoms with Crippen LogP contribution in [0.4, 0.5) is 0 Å². The second-order valence-electron chi connectivity index (χ2n) is 6.44. The van der Waals surface area contributed by atoms with E-state index in [1.54, 1.807) is 4.90 Å². The highest BCUT2D eigenvalue weighted by molar-refractivity contribution is 9.11. The molecule has 1 aromatic carbocycles. The third-order valence-corrected chi connectivity index (χ3v) is 7.24. The van der Waals surface area contributed by atoms with Gasteiger partial charge in [-0.15, -0.1) is 0 Å². The normalized spacial score (nSPS) is 22.4. The minimum Gasteiger partial charge on any atom is -0.481 e. The molecule has 1 aliphatic carbocycles. The molecule has 0 bridgehead atoms. The van der Waals surface area contributed by atoms with E-state index in [4.69, 9.17) is 4.74 Å². The predicted molar refractivity (Wildman–Crippen MR) is 99.0 cm³/mol. The maximum Gasteiger partial charge on any atom is 0.261 e. The van der Waals surface area contributed by atoms with Crippen LogP contribution in [0.5, 0.6) is 5.75 Å². The summed E-state index contributed by atoms with van der Waals surface area (Å²) in [7, 11) is -3.01. The van der Waals surface area contributed by atoms with Crippen molar-refractivity contribution < 1.29 is 17.9 Å². The molecule has 1 aliphatic heterocycles. The highest BCUT2D eigenvalue weighted by atomic mass is 79.9. The van der Waals surface area contributed by atoms with Gasteiger partial charge in [0.2, 0.25) is 0 Å². The molecule has 1 saturated heterocycles. The average Bonchev–Trinajstić information content (AvgIpc) is 3.22. The molecule has 1 atom stereocenters. The summed E-state index contributed by atoms with van der Waals surface area (Å²) in [6, 6.07) is 3.81. The maximum atomic E-state index is 12.7. The Morgan fingerprint density at radius 1 is 1.21 bits per heavy atom. The van der Waals surface area contributed by atoms with Crippen LogP contribution in [0.15, 0.2) is 21.1 Å². The van der Waals surface area contributed by atoms with Gasteiger partial charge < -0.3 is 9.64 Å². The number of aryl methyl sites for hydroxylation is 1.